The van der Waals surface area contributed by atoms with Gasteiger partial charge in [0, 0.05) is 17.4 Å². The minimum atomic E-state index is 0.677. The molecule has 3 heteroatoms. The highest BCUT2D eigenvalue weighted by Crippen LogP contribution is 2.27. The van der Waals surface area contributed by atoms with Gasteiger partial charge in [-0.1, -0.05) is 30.3 Å². The van der Waals surface area contributed by atoms with Gasteiger partial charge >= 0.3 is 0 Å². The molecule has 0 saturated heterocycles. The number of ether oxygens (including phenoxy) is 2. The van der Waals surface area contributed by atoms with Gasteiger partial charge in [-0.05, 0) is 29.8 Å². The van der Waals surface area contributed by atoms with Crippen LogP contribution in [0.1, 0.15) is 11.1 Å². The van der Waals surface area contributed by atoms with Crippen LogP contribution < -0.4 is 9.47 Å². The minimum Gasteiger partial charge on any atom is -0.497 e. The Bertz CT molecular complexity index is 754. The van der Waals surface area contributed by atoms with Crippen molar-refractivity contribution in [2.45, 2.75) is 6.42 Å². The summed E-state index contributed by atoms with van der Waals surface area (Å²) < 4.78 is 10.7. The summed E-state index contributed by atoms with van der Waals surface area (Å²) in [5, 5.41) is 1.06. The largest absolute Gasteiger partial charge is 0.497 e. The molecule has 0 bridgehead atoms. The van der Waals surface area contributed by atoms with E-state index in [0.717, 1.165) is 28.6 Å². The molecule has 0 unspecified atom stereocenters. The highest BCUT2D eigenvalue weighted by molar-refractivity contribution is 5.81. The number of fused-ring (bicyclic) bond motifs is 1. The molecule has 1 heterocycles. The van der Waals surface area contributed by atoms with Crippen LogP contribution in [0.25, 0.3) is 10.9 Å². The molecule has 3 rings (SSSR count). The van der Waals surface area contributed by atoms with Crippen LogP contribution in [0, 0.1) is 0 Å². The van der Waals surface area contributed by atoms with Gasteiger partial charge in [-0.15, -0.1) is 0 Å². The quantitative estimate of drug-likeness (QED) is 0.727. The molecule has 0 aliphatic carbocycles. The lowest BCUT2D eigenvalue weighted by atomic mass is 10.0. The molecule has 3 nitrogen and oxygen atoms in total. The van der Waals surface area contributed by atoms with E-state index in [9.17, 15) is 0 Å². The molecule has 3 aromatic rings. The predicted octanol–water partition coefficient (Wildman–Crippen LogP) is 3.84. The number of methoxy groups -OCH3 is 2. The normalized spacial score (nSPS) is 10.6. The Morgan fingerprint density at radius 2 is 1.71 bits per heavy atom. The number of benzene rings is 2. The van der Waals surface area contributed by atoms with Gasteiger partial charge in [0.25, 0.3) is 0 Å². The van der Waals surface area contributed by atoms with Crippen LogP contribution in [0.5, 0.6) is 11.6 Å². The maximum absolute atomic E-state index is 5.44. The Hall–Kier alpha value is -2.55. The summed E-state index contributed by atoms with van der Waals surface area (Å²) in [6.07, 6.45) is 0.796. The summed E-state index contributed by atoms with van der Waals surface area (Å²) in [6, 6.07) is 18.3. The third-order valence-corrected chi connectivity index (χ3v) is 3.49. The van der Waals surface area contributed by atoms with Gasteiger partial charge in [-0.25, -0.2) is 4.98 Å². The van der Waals surface area contributed by atoms with Gasteiger partial charge in [-0.2, -0.15) is 0 Å². The summed E-state index contributed by atoms with van der Waals surface area (Å²) in [5.74, 6) is 1.51. The highest BCUT2D eigenvalue weighted by Gasteiger charge is 2.09. The van der Waals surface area contributed by atoms with E-state index < -0.39 is 0 Å². The number of nitrogens with zero attached hydrogens (tertiary/aromatic N) is 1. The second-order valence-corrected chi connectivity index (χ2v) is 4.88. The molecule has 0 radical (unpaired) electrons. The second-order valence-electron chi connectivity index (χ2n) is 4.88. The van der Waals surface area contributed by atoms with Crippen LogP contribution in [0.4, 0.5) is 0 Å². The van der Waals surface area contributed by atoms with Crippen molar-refractivity contribution < 1.29 is 9.47 Å². The molecule has 0 fully saturated rings. The minimum absolute atomic E-state index is 0.677. The molecule has 0 saturated carbocycles. The van der Waals surface area contributed by atoms with E-state index in [0.29, 0.717) is 5.88 Å². The van der Waals surface area contributed by atoms with Crippen molar-refractivity contribution in [3.8, 4) is 11.6 Å². The first-order valence-electron chi connectivity index (χ1n) is 6.86. The van der Waals surface area contributed by atoms with Crippen molar-refractivity contribution in [3.63, 3.8) is 0 Å². The monoisotopic (exact) mass is 279 g/mol. The molecular weight excluding hydrogens is 262 g/mol. The fourth-order valence-corrected chi connectivity index (χ4v) is 2.43. The summed E-state index contributed by atoms with van der Waals surface area (Å²) >= 11 is 0. The maximum atomic E-state index is 5.44. The van der Waals surface area contributed by atoms with Crippen molar-refractivity contribution in [3.05, 3.63) is 65.7 Å². The Kier molecular flexibility index (Phi) is 3.73. The maximum Gasteiger partial charge on any atom is 0.217 e. The summed E-state index contributed by atoms with van der Waals surface area (Å²) in [4.78, 5) is 4.59. The average molecular weight is 279 g/mol. The fraction of sp³-hybridized carbons (Fsp3) is 0.167. The molecule has 0 N–H and O–H groups in total. The summed E-state index contributed by atoms with van der Waals surface area (Å²) in [5.41, 5.74) is 3.22. The van der Waals surface area contributed by atoms with E-state index in [1.54, 1.807) is 14.2 Å². The number of hydrogen-bond donors (Lipinski definition) is 0. The van der Waals surface area contributed by atoms with Crippen LogP contribution in [-0.4, -0.2) is 19.2 Å². The zero-order chi connectivity index (χ0) is 14.7. The fourth-order valence-electron chi connectivity index (χ4n) is 2.43. The Morgan fingerprint density at radius 3 is 2.43 bits per heavy atom. The lowest BCUT2D eigenvalue weighted by Gasteiger charge is -2.10. The van der Waals surface area contributed by atoms with Crippen molar-refractivity contribution in [2.24, 2.45) is 0 Å². The van der Waals surface area contributed by atoms with Gasteiger partial charge in [0.2, 0.25) is 5.88 Å². The molecule has 0 aliphatic heterocycles. The Morgan fingerprint density at radius 1 is 0.905 bits per heavy atom. The molecule has 106 valence electrons. The topological polar surface area (TPSA) is 31.4 Å². The van der Waals surface area contributed by atoms with E-state index >= 15 is 0 Å². The van der Waals surface area contributed by atoms with Crippen LogP contribution in [0.15, 0.2) is 54.6 Å². The molecule has 21 heavy (non-hydrogen) atoms. The third kappa shape index (κ3) is 2.82. The molecule has 0 spiro atoms. The van der Waals surface area contributed by atoms with Crippen LogP contribution >= 0.6 is 0 Å². The molecule has 1 aromatic heterocycles. The first kappa shape index (κ1) is 13.4. The van der Waals surface area contributed by atoms with Crippen LogP contribution in [0.3, 0.4) is 0 Å². The molecule has 0 aliphatic rings. The van der Waals surface area contributed by atoms with E-state index in [1.807, 2.05) is 36.4 Å². The number of rotatable bonds is 4. The van der Waals surface area contributed by atoms with E-state index in [-0.39, 0.29) is 0 Å². The van der Waals surface area contributed by atoms with Gasteiger partial charge < -0.3 is 9.47 Å². The van der Waals surface area contributed by atoms with Gasteiger partial charge in [0.15, 0.2) is 0 Å². The first-order valence-corrected chi connectivity index (χ1v) is 6.86. The molecule has 2 aromatic carbocycles. The van der Waals surface area contributed by atoms with Crippen molar-refractivity contribution in [1.82, 2.24) is 4.98 Å². The third-order valence-electron chi connectivity index (χ3n) is 3.49. The van der Waals surface area contributed by atoms with Crippen molar-refractivity contribution >= 4 is 10.9 Å². The Balaban J connectivity index is 2.07. The number of aromatic nitrogens is 1. The van der Waals surface area contributed by atoms with Gasteiger partial charge in [0.1, 0.15) is 5.75 Å². The lowest BCUT2D eigenvalue weighted by molar-refractivity contribution is 0.395. The standard InChI is InChI=1S/C18H17NO2/c1-20-16-8-9-17-14(12-16)11-15(18(19-17)21-2)10-13-6-4-3-5-7-13/h3-9,11-12H,10H2,1-2H3. The molecule has 0 atom stereocenters. The van der Waals surface area contributed by atoms with Crippen LogP contribution in [-0.2, 0) is 6.42 Å². The predicted molar refractivity (Wildman–Crippen MR) is 84.1 cm³/mol. The smallest absolute Gasteiger partial charge is 0.217 e. The van der Waals surface area contributed by atoms with Gasteiger partial charge in [-0.3, -0.25) is 0 Å². The molecular formula is C18H17NO2. The molecule has 0 amide bonds. The lowest BCUT2D eigenvalue weighted by Crippen LogP contribution is -1.97. The highest BCUT2D eigenvalue weighted by atomic mass is 16.5. The SMILES string of the molecule is COc1ccc2nc(OC)c(Cc3ccccc3)cc2c1. The number of pyridine rings is 1. The van der Waals surface area contributed by atoms with E-state index in [2.05, 4.69) is 23.2 Å². The van der Waals surface area contributed by atoms with Crippen molar-refractivity contribution in [2.75, 3.05) is 14.2 Å². The summed E-state index contributed by atoms with van der Waals surface area (Å²) in [7, 11) is 3.33. The zero-order valence-corrected chi connectivity index (χ0v) is 12.2. The first-order chi connectivity index (χ1) is 10.3. The van der Waals surface area contributed by atoms with Crippen LogP contribution in [0.2, 0.25) is 0 Å². The number of hydrogen-bond acceptors (Lipinski definition) is 3. The van der Waals surface area contributed by atoms with E-state index in [1.165, 1.54) is 5.56 Å². The van der Waals surface area contributed by atoms with Crippen molar-refractivity contribution in [1.29, 1.82) is 0 Å². The second kappa shape index (κ2) is 5.83. The van der Waals surface area contributed by atoms with E-state index in [4.69, 9.17) is 9.47 Å². The average Bonchev–Trinajstić information content (AvgIpc) is 2.54. The Labute approximate surface area is 124 Å². The zero-order valence-electron chi connectivity index (χ0n) is 12.2. The van der Waals surface area contributed by atoms with Gasteiger partial charge in [0.05, 0.1) is 19.7 Å². The summed E-state index contributed by atoms with van der Waals surface area (Å²) in [6.45, 7) is 0.